The van der Waals surface area contributed by atoms with Crippen LogP contribution in [0.2, 0.25) is 0 Å². The molecule has 21 heavy (non-hydrogen) atoms. The van der Waals surface area contributed by atoms with Crippen molar-refractivity contribution < 1.29 is 14.7 Å². The highest BCUT2D eigenvalue weighted by molar-refractivity contribution is 6.04. The van der Waals surface area contributed by atoms with Crippen LogP contribution in [0.5, 0.6) is 0 Å². The van der Waals surface area contributed by atoms with Crippen molar-refractivity contribution in [2.45, 2.75) is 18.9 Å². The minimum Gasteiger partial charge on any atom is -0.393 e. The maximum absolute atomic E-state index is 9.99. The van der Waals surface area contributed by atoms with Gasteiger partial charge in [-0.2, -0.15) is 0 Å². The topological polar surface area (TPSA) is 54.3 Å². The zero-order valence-corrected chi connectivity index (χ0v) is 12.2. The van der Waals surface area contributed by atoms with E-state index in [1.807, 2.05) is 6.07 Å². The number of nitrogens with zero attached hydrogens (tertiary/aromatic N) is 2. The van der Waals surface area contributed by atoms with Crippen LogP contribution in [0.3, 0.4) is 0 Å². The molecule has 1 N–H and O–H groups in total. The first kappa shape index (κ1) is 14.5. The number of oxime groups is 1. The molecule has 0 spiro atoms. The lowest BCUT2D eigenvalue weighted by Gasteiger charge is -2.28. The van der Waals surface area contributed by atoms with Gasteiger partial charge in [-0.05, 0) is 18.4 Å². The Bertz CT molecular complexity index is 498. The summed E-state index contributed by atoms with van der Waals surface area (Å²) in [5, 5.41) is 14.2. The van der Waals surface area contributed by atoms with E-state index in [2.05, 4.69) is 28.3 Å². The van der Waals surface area contributed by atoms with Gasteiger partial charge in [0.1, 0.15) is 12.7 Å². The Morgan fingerprint density at radius 3 is 2.90 bits per heavy atom. The lowest BCUT2D eigenvalue weighted by Crippen LogP contribution is -2.42. The van der Waals surface area contributed by atoms with Gasteiger partial charge in [-0.3, -0.25) is 4.90 Å². The van der Waals surface area contributed by atoms with Gasteiger partial charge in [0.2, 0.25) is 0 Å². The van der Waals surface area contributed by atoms with Gasteiger partial charge in [0.15, 0.2) is 0 Å². The molecule has 1 aromatic rings. The van der Waals surface area contributed by atoms with Gasteiger partial charge in [0.05, 0.1) is 18.9 Å². The van der Waals surface area contributed by atoms with Gasteiger partial charge < -0.3 is 14.7 Å². The summed E-state index contributed by atoms with van der Waals surface area (Å²) in [5.74, 6) is 0. The number of aryl methyl sites for hydroxylation is 1. The second kappa shape index (κ2) is 7.02. The average molecular weight is 290 g/mol. The van der Waals surface area contributed by atoms with Gasteiger partial charge >= 0.3 is 0 Å². The Morgan fingerprint density at radius 1 is 1.24 bits per heavy atom. The number of benzene rings is 1. The van der Waals surface area contributed by atoms with E-state index < -0.39 is 6.10 Å². The molecule has 3 rings (SSSR count). The van der Waals surface area contributed by atoms with Crippen molar-refractivity contribution in [2.24, 2.45) is 5.16 Å². The van der Waals surface area contributed by atoms with E-state index in [1.165, 1.54) is 11.1 Å². The summed E-state index contributed by atoms with van der Waals surface area (Å²) in [7, 11) is 0. The molecule has 0 saturated carbocycles. The number of β-amino-alcohol motifs (C(OH)–C–C–N with tert-alkyl or cyclic N) is 1. The Labute approximate surface area is 125 Å². The largest absolute Gasteiger partial charge is 0.393 e. The van der Waals surface area contributed by atoms with Crippen molar-refractivity contribution in [1.82, 2.24) is 4.90 Å². The van der Waals surface area contributed by atoms with Crippen LogP contribution in [0.1, 0.15) is 17.5 Å². The molecule has 1 aromatic carbocycles. The van der Waals surface area contributed by atoms with E-state index in [0.717, 1.165) is 44.9 Å². The van der Waals surface area contributed by atoms with Gasteiger partial charge in [-0.15, -0.1) is 0 Å². The highest BCUT2D eigenvalue weighted by Gasteiger charge is 2.18. The molecule has 0 aromatic heterocycles. The predicted molar refractivity (Wildman–Crippen MR) is 80.5 cm³/mol. The first-order valence-corrected chi connectivity index (χ1v) is 7.58. The minimum atomic E-state index is -0.510. The van der Waals surface area contributed by atoms with Crippen LogP contribution in [0, 0.1) is 0 Å². The van der Waals surface area contributed by atoms with Crippen molar-refractivity contribution in [1.29, 1.82) is 0 Å². The summed E-state index contributed by atoms with van der Waals surface area (Å²) in [5.41, 5.74) is 3.50. The number of aliphatic hydroxyl groups excluding tert-OH is 1. The molecule has 1 atom stereocenters. The molecule has 0 amide bonds. The van der Waals surface area contributed by atoms with E-state index in [4.69, 9.17) is 9.57 Å². The molecule has 1 unspecified atom stereocenters. The van der Waals surface area contributed by atoms with Gasteiger partial charge in [0.25, 0.3) is 0 Å². The Balaban J connectivity index is 1.46. The molecule has 1 heterocycles. The monoisotopic (exact) mass is 290 g/mol. The molecule has 1 saturated heterocycles. The lowest BCUT2D eigenvalue weighted by atomic mass is 10.1. The normalized spacial score (nSPS) is 22.2. The van der Waals surface area contributed by atoms with Crippen LogP contribution in [-0.4, -0.2) is 61.3 Å². The summed E-state index contributed by atoms with van der Waals surface area (Å²) in [6.07, 6.45) is 1.43. The molecule has 1 aliphatic carbocycles. The summed E-state index contributed by atoms with van der Waals surface area (Å²) in [6, 6.07) is 8.28. The van der Waals surface area contributed by atoms with Crippen molar-refractivity contribution >= 4 is 5.71 Å². The van der Waals surface area contributed by atoms with Crippen molar-refractivity contribution in [2.75, 3.05) is 39.5 Å². The molecule has 5 nitrogen and oxygen atoms in total. The molecule has 2 aliphatic rings. The molecular formula is C16H22N2O3. The highest BCUT2D eigenvalue weighted by atomic mass is 16.6. The fraction of sp³-hybridized carbons (Fsp3) is 0.562. The Hall–Kier alpha value is -1.43. The number of ether oxygens (including phenoxy) is 1. The van der Waals surface area contributed by atoms with Crippen LogP contribution in [-0.2, 0) is 16.0 Å². The summed E-state index contributed by atoms with van der Waals surface area (Å²) < 4.78 is 5.29. The Morgan fingerprint density at radius 2 is 2.05 bits per heavy atom. The molecule has 1 aliphatic heterocycles. The molecule has 0 bridgehead atoms. The number of rotatable bonds is 5. The standard InChI is InChI=1S/C16H22N2O3/c19-14(11-18-7-9-20-10-8-18)12-21-17-16-6-5-13-3-1-2-4-15(13)16/h1-4,14,19H,5-12H2/b17-16+. The fourth-order valence-corrected chi connectivity index (χ4v) is 2.84. The number of aliphatic hydroxyl groups is 1. The smallest absolute Gasteiger partial charge is 0.144 e. The fourth-order valence-electron chi connectivity index (χ4n) is 2.84. The third kappa shape index (κ3) is 3.81. The molecule has 114 valence electrons. The van der Waals surface area contributed by atoms with Crippen LogP contribution < -0.4 is 0 Å². The zero-order valence-electron chi connectivity index (χ0n) is 12.2. The molecule has 5 heteroatoms. The SMILES string of the molecule is OC(CO/N=C1\CCc2ccccc21)CN1CCOCC1. The van der Waals surface area contributed by atoms with Gasteiger partial charge in [-0.1, -0.05) is 29.4 Å². The van der Waals surface area contributed by atoms with Gasteiger partial charge in [-0.25, -0.2) is 0 Å². The Kier molecular flexibility index (Phi) is 4.85. The second-order valence-electron chi connectivity index (χ2n) is 5.56. The highest BCUT2D eigenvalue weighted by Crippen LogP contribution is 2.22. The first-order valence-electron chi connectivity index (χ1n) is 7.58. The van der Waals surface area contributed by atoms with E-state index in [1.54, 1.807) is 0 Å². The zero-order chi connectivity index (χ0) is 14.5. The van der Waals surface area contributed by atoms with E-state index in [9.17, 15) is 5.11 Å². The third-order valence-electron chi connectivity index (χ3n) is 3.97. The van der Waals surface area contributed by atoms with Crippen LogP contribution in [0.4, 0.5) is 0 Å². The maximum Gasteiger partial charge on any atom is 0.144 e. The van der Waals surface area contributed by atoms with Crippen LogP contribution in [0.15, 0.2) is 29.4 Å². The number of fused-ring (bicyclic) bond motifs is 1. The van der Waals surface area contributed by atoms with Crippen molar-refractivity contribution in [3.05, 3.63) is 35.4 Å². The average Bonchev–Trinajstić information content (AvgIpc) is 2.92. The summed E-state index contributed by atoms with van der Waals surface area (Å²) in [6.45, 7) is 4.09. The summed E-state index contributed by atoms with van der Waals surface area (Å²) >= 11 is 0. The van der Waals surface area contributed by atoms with E-state index in [-0.39, 0.29) is 6.61 Å². The molecular weight excluding hydrogens is 268 g/mol. The van der Waals surface area contributed by atoms with Crippen LogP contribution >= 0.6 is 0 Å². The predicted octanol–water partition coefficient (Wildman–Crippen LogP) is 1.05. The van der Waals surface area contributed by atoms with Crippen LogP contribution in [0.25, 0.3) is 0 Å². The van der Waals surface area contributed by atoms with Crippen molar-refractivity contribution in [3.63, 3.8) is 0 Å². The lowest BCUT2D eigenvalue weighted by molar-refractivity contribution is -0.0131. The minimum absolute atomic E-state index is 0.239. The second-order valence-corrected chi connectivity index (χ2v) is 5.56. The third-order valence-corrected chi connectivity index (χ3v) is 3.97. The van der Waals surface area contributed by atoms with Gasteiger partial charge in [0, 0.05) is 25.2 Å². The molecule has 0 radical (unpaired) electrons. The first-order chi connectivity index (χ1) is 10.3. The quantitative estimate of drug-likeness (QED) is 0.824. The van der Waals surface area contributed by atoms with E-state index in [0.29, 0.717) is 6.54 Å². The number of hydrogen-bond acceptors (Lipinski definition) is 5. The molecule has 1 fully saturated rings. The van der Waals surface area contributed by atoms with E-state index >= 15 is 0 Å². The maximum atomic E-state index is 9.99. The number of morpholine rings is 1. The number of hydrogen-bond donors (Lipinski definition) is 1. The summed E-state index contributed by atoms with van der Waals surface area (Å²) in [4.78, 5) is 7.55. The van der Waals surface area contributed by atoms with Crippen molar-refractivity contribution in [3.8, 4) is 0 Å².